The van der Waals surface area contributed by atoms with Gasteiger partial charge in [-0.25, -0.2) is 4.39 Å². The van der Waals surface area contributed by atoms with Gasteiger partial charge in [0.05, 0.1) is 12.5 Å². The van der Waals surface area contributed by atoms with Gasteiger partial charge in [-0.1, -0.05) is 25.0 Å². The molecule has 29 heavy (non-hydrogen) atoms. The Balaban J connectivity index is 1.34. The highest BCUT2D eigenvalue weighted by atomic mass is 19.1. The number of likely N-dealkylation sites (tertiary alicyclic amines) is 1. The first-order chi connectivity index (χ1) is 14.0. The molecule has 7 heteroatoms. The van der Waals surface area contributed by atoms with Crippen molar-refractivity contribution in [3.63, 3.8) is 0 Å². The number of piperidine rings is 1. The minimum Gasteiger partial charge on any atom is -0.339 e. The van der Waals surface area contributed by atoms with Crippen molar-refractivity contribution in [1.82, 2.24) is 14.7 Å². The summed E-state index contributed by atoms with van der Waals surface area (Å²) >= 11 is 0. The Bertz CT molecular complexity index is 793. The molecule has 0 bridgehead atoms. The van der Waals surface area contributed by atoms with Crippen molar-refractivity contribution in [3.8, 4) is 0 Å². The van der Waals surface area contributed by atoms with Gasteiger partial charge >= 0.3 is 0 Å². The standard InChI is InChI=1S/C22H28FN3O3/c23-18-5-3-4-16(12-18)13-24-10-11-25(15-21(24)28)22(29)17-8-9-20(27)26(14-17)19-6-1-2-7-19/h3-5,12,17,19H,1-2,6-11,13-15H2/t17-/m0/s1. The lowest BCUT2D eigenvalue weighted by Gasteiger charge is -2.40. The van der Waals surface area contributed by atoms with E-state index in [-0.39, 0.29) is 42.0 Å². The molecule has 6 nitrogen and oxygen atoms in total. The maximum absolute atomic E-state index is 13.4. The van der Waals surface area contributed by atoms with Crippen molar-refractivity contribution < 1.29 is 18.8 Å². The summed E-state index contributed by atoms with van der Waals surface area (Å²) in [6, 6.07) is 6.52. The number of carbonyl (C=O) groups is 3. The third kappa shape index (κ3) is 4.43. The lowest BCUT2D eigenvalue weighted by Crippen LogP contribution is -2.55. The molecular weight excluding hydrogens is 373 g/mol. The topological polar surface area (TPSA) is 60.9 Å². The van der Waals surface area contributed by atoms with Gasteiger partial charge in [0.2, 0.25) is 17.7 Å². The molecule has 1 saturated carbocycles. The van der Waals surface area contributed by atoms with E-state index in [0.717, 1.165) is 31.2 Å². The molecule has 0 aromatic heterocycles. The van der Waals surface area contributed by atoms with Gasteiger partial charge in [-0.2, -0.15) is 0 Å². The Kier molecular flexibility index (Phi) is 5.83. The predicted octanol–water partition coefficient (Wildman–Crippen LogP) is 2.18. The van der Waals surface area contributed by atoms with E-state index in [2.05, 4.69) is 0 Å². The number of carbonyl (C=O) groups excluding carboxylic acids is 3. The van der Waals surface area contributed by atoms with Gasteiger partial charge < -0.3 is 14.7 Å². The molecule has 0 N–H and O–H groups in total. The van der Waals surface area contributed by atoms with Crippen LogP contribution in [0.4, 0.5) is 4.39 Å². The van der Waals surface area contributed by atoms with Crippen molar-refractivity contribution in [2.75, 3.05) is 26.2 Å². The second-order valence-electron chi connectivity index (χ2n) is 8.42. The number of piperazine rings is 1. The molecule has 3 fully saturated rings. The summed E-state index contributed by atoms with van der Waals surface area (Å²) in [4.78, 5) is 43.2. The SMILES string of the molecule is O=C1CN(C(=O)[C@H]2CCC(=O)N(C3CCCC3)C2)CCN1Cc1cccc(F)c1. The van der Waals surface area contributed by atoms with E-state index >= 15 is 0 Å². The zero-order valence-corrected chi connectivity index (χ0v) is 16.7. The third-order valence-corrected chi connectivity index (χ3v) is 6.45. The average Bonchev–Trinajstić information content (AvgIpc) is 3.24. The summed E-state index contributed by atoms with van der Waals surface area (Å²) in [7, 11) is 0. The number of hydrogen-bond acceptors (Lipinski definition) is 3. The molecule has 3 amide bonds. The molecule has 2 saturated heterocycles. The average molecular weight is 401 g/mol. The van der Waals surface area contributed by atoms with Crippen molar-refractivity contribution in [2.24, 2.45) is 5.92 Å². The van der Waals surface area contributed by atoms with Crippen molar-refractivity contribution in [2.45, 2.75) is 51.1 Å². The normalized spacial score (nSPS) is 23.8. The first-order valence-corrected chi connectivity index (χ1v) is 10.6. The Hall–Kier alpha value is -2.44. The molecule has 2 aliphatic heterocycles. The lowest BCUT2D eigenvalue weighted by molar-refractivity contribution is -0.151. The Labute approximate surface area is 170 Å². The van der Waals surface area contributed by atoms with Gasteiger partial charge in [-0.15, -0.1) is 0 Å². The third-order valence-electron chi connectivity index (χ3n) is 6.45. The lowest BCUT2D eigenvalue weighted by atomic mass is 9.94. The molecule has 1 aliphatic carbocycles. The molecule has 0 unspecified atom stereocenters. The molecule has 1 aromatic carbocycles. The van der Waals surface area contributed by atoms with Crippen LogP contribution < -0.4 is 0 Å². The van der Waals surface area contributed by atoms with Crippen LogP contribution in [0.1, 0.15) is 44.1 Å². The van der Waals surface area contributed by atoms with Crippen LogP contribution in [0.15, 0.2) is 24.3 Å². The Morgan fingerprint density at radius 2 is 1.86 bits per heavy atom. The minimum absolute atomic E-state index is 0.0146. The van der Waals surface area contributed by atoms with Crippen LogP contribution in [0.5, 0.6) is 0 Å². The number of benzene rings is 1. The number of amides is 3. The Morgan fingerprint density at radius 1 is 1.07 bits per heavy atom. The molecule has 1 atom stereocenters. The summed E-state index contributed by atoms with van der Waals surface area (Å²) in [6.07, 6.45) is 5.34. The second-order valence-corrected chi connectivity index (χ2v) is 8.42. The highest BCUT2D eigenvalue weighted by molar-refractivity contribution is 5.88. The summed E-state index contributed by atoms with van der Waals surface area (Å²) < 4.78 is 13.4. The summed E-state index contributed by atoms with van der Waals surface area (Å²) in [6.45, 7) is 1.82. The summed E-state index contributed by atoms with van der Waals surface area (Å²) in [5.74, 6) is -0.497. The van der Waals surface area contributed by atoms with Crippen LogP contribution in [0.2, 0.25) is 0 Å². The zero-order chi connectivity index (χ0) is 20.4. The van der Waals surface area contributed by atoms with Gasteiger partial charge in [-0.05, 0) is 37.0 Å². The van der Waals surface area contributed by atoms with Gasteiger partial charge in [-0.3, -0.25) is 14.4 Å². The monoisotopic (exact) mass is 401 g/mol. The second kappa shape index (κ2) is 8.51. The van der Waals surface area contributed by atoms with E-state index in [9.17, 15) is 18.8 Å². The predicted molar refractivity (Wildman–Crippen MR) is 105 cm³/mol. The van der Waals surface area contributed by atoms with Gasteiger partial charge in [0.15, 0.2) is 0 Å². The number of nitrogens with zero attached hydrogens (tertiary/aromatic N) is 3. The maximum Gasteiger partial charge on any atom is 0.242 e. The number of hydrogen-bond donors (Lipinski definition) is 0. The smallest absolute Gasteiger partial charge is 0.242 e. The largest absolute Gasteiger partial charge is 0.339 e. The minimum atomic E-state index is -0.317. The zero-order valence-electron chi connectivity index (χ0n) is 16.7. The van der Waals surface area contributed by atoms with E-state index in [1.165, 1.54) is 12.1 Å². The van der Waals surface area contributed by atoms with Gasteiger partial charge in [0, 0.05) is 38.6 Å². The fourth-order valence-corrected chi connectivity index (χ4v) is 4.82. The van der Waals surface area contributed by atoms with E-state index < -0.39 is 0 Å². The van der Waals surface area contributed by atoms with Crippen molar-refractivity contribution >= 4 is 17.7 Å². The quantitative estimate of drug-likeness (QED) is 0.777. The highest BCUT2D eigenvalue weighted by Crippen LogP contribution is 2.29. The van der Waals surface area contributed by atoms with E-state index in [1.807, 2.05) is 4.90 Å². The molecule has 1 aromatic rings. The number of rotatable bonds is 4. The molecule has 2 heterocycles. The highest BCUT2D eigenvalue weighted by Gasteiger charge is 2.38. The van der Waals surface area contributed by atoms with Crippen LogP contribution in [0, 0.1) is 11.7 Å². The van der Waals surface area contributed by atoms with Gasteiger partial charge in [0.25, 0.3) is 0 Å². The summed E-state index contributed by atoms with van der Waals surface area (Å²) in [5, 5.41) is 0. The first-order valence-electron chi connectivity index (χ1n) is 10.6. The fraction of sp³-hybridized carbons (Fsp3) is 0.591. The Morgan fingerprint density at radius 3 is 2.59 bits per heavy atom. The van der Waals surface area contributed by atoms with Crippen LogP contribution in [-0.4, -0.2) is 64.6 Å². The van der Waals surface area contributed by atoms with E-state index in [0.29, 0.717) is 39.0 Å². The van der Waals surface area contributed by atoms with Crippen molar-refractivity contribution in [1.29, 1.82) is 0 Å². The van der Waals surface area contributed by atoms with Crippen LogP contribution in [0.3, 0.4) is 0 Å². The fourth-order valence-electron chi connectivity index (χ4n) is 4.82. The maximum atomic E-state index is 13.4. The van der Waals surface area contributed by atoms with Crippen LogP contribution in [-0.2, 0) is 20.9 Å². The van der Waals surface area contributed by atoms with Gasteiger partial charge in [0.1, 0.15) is 5.82 Å². The molecule has 3 aliphatic rings. The summed E-state index contributed by atoms with van der Waals surface area (Å²) in [5.41, 5.74) is 0.746. The van der Waals surface area contributed by atoms with E-state index in [4.69, 9.17) is 0 Å². The number of halogens is 1. The van der Waals surface area contributed by atoms with Crippen molar-refractivity contribution in [3.05, 3.63) is 35.6 Å². The molecule has 0 spiro atoms. The molecule has 4 rings (SSSR count). The molecular formula is C22H28FN3O3. The van der Waals surface area contributed by atoms with Crippen LogP contribution >= 0.6 is 0 Å². The molecule has 0 radical (unpaired) electrons. The molecule has 156 valence electrons. The van der Waals surface area contributed by atoms with Crippen LogP contribution in [0.25, 0.3) is 0 Å². The van der Waals surface area contributed by atoms with E-state index in [1.54, 1.807) is 21.9 Å². The first kappa shape index (κ1) is 19.9.